The van der Waals surface area contributed by atoms with Crippen LogP contribution in [0.15, 0.2) is 112 Å². The Morgan fingerprint density at radius 3 is 1.78 bits per heavy atom. The van der Waals surface area contributed by atoms with E-state index in [4.69, 9.17) is 0 Å². The number of hydrogen-bond donors (Lipinski definition) is 0. The van der Waals surface area contributed by atoms with Crippen LogP contribution in [-0.4, -0.2) is 3.21 Å². The minimum Gasteiger partial charge on any atom is -1.00 e. The third kappa shape index (κ3) is 8.17. The Hall–Kier alpha value is -2.31. The molecule has 262 valence electrons. The van der Waals surface area contributed by atoms with Crippen molar-refractivity contribution in [2.24, 2.45) is 11.3 Å². The van der Waals surface area contributed by atoms with Crippen molar-refractivity contribution in [2.45, 2.75) is 106 Å². The zero-order valence-corrected chi connectivity index (χ0v) is 35.9. The molecule has 1 unspecified atom stereocenters. The standard InChI is InChI=1S/C21H25.C13H10.C13H21.2ClH.Zr/c1-20(2,3)16-7-9-18-14(12-16)11-15-13-17(21(4,5)6)8-10-19(15)18;1-3-7-12(8-4-1)11-13-9-5-2-6-10-13;1-5-6-7-11-8-9-12(10-11)13(2,3)4;;;/h7-10,12H,11H2,1-6H3;1-10H;9-11H,5-7H2,1-4H3;2*1H;/q;;;;;+2/p-2. The van der Waals surface area contributed by atoms with Crippen LogP contribution in [0.25, 0.3) is 11.1 Å². The zero-order chi connectivity index (χ0) is 34.4. The fraction of sp³-hybridized carbons (Fsp3) is 0.383. The third-order valence-corrected chi connectivity index (χ3v) is 18.5. The number of rotatable bonds is 7. The van der Waals surface area contributed by atoms with Crippen molar-refractivity contribution >= 4 is 6.48 Å². The van der Waals surface area contributed by atoms with Gasteiger partial charge in [-0.3, -0.25) is 0 Å². The molecular formula is C47H56Cl2Zr. The molecule has 0 nitrogen and oxygen atoms in total. The molecule has 3 heteroatoms. The van der Waals surface area contributed by atoms with Crippen molar-refractivity contribution in [3.63, 3.8) is 0 Å². The second kappa shape index (κ2) is 15.7. The molecule has 1 atom stereocenters. The first-order valence-corrected chi connectivity index (χ1v) is 22.0. The van der Waals surface area contributed by atoms with E-state index in [9.17, 15) is 0 Å². The Bertz CT molecular complexity index is 1860. The van der Waals surface area contributed by atoms with Crippen LogP contribution in [0.2, 0.25) is 0 Å². The van der Waals surface area contributed by atoms with Crippen molar-refractivity contribution in [3.05, 3.63) is 145 Å². The summed E-state index contributed by atoms with van der Waals surface area (Å²) in [6.07, 6.45) is 10.2. The molecule has 0 saturated heterocycles. The summed E-state index contributed by atoms with van der Waals surface area (Å²) in [6, 6.07) is 35.3. The predicted octanol–water partition coefficient (Wildman–Crippen LogP) is 6.05. The predicted molar refractivity (Wildman–Crippen MR) is 206 cm³/mol. The molecule has 4 aromatic carbocycles. The molecular weight excluding hydrogens is 727 g/mol. The number of allylic oxidation sites excluding steroid dienone is 4. The maximum Gasteiger partial charge on any atom is -1.00 e. The molecule has 0 amide bonds. The van der Waals surface area contributed by atoms with Gasteiger partial charge in [-0.25, -0.2) is 0 Å². The van der Waals surface area contributed by atoms with Gasteiger partial charge in [0.2, 0.25) is 0 Å². The van der Waals surface area contributed by atoms with Gasteiger partial charge in [-0.1, -0.05) is 0 Å². The number of hydrogen-bond acceptors (Lipinski definition) is 0. The topological polar surface area (TPSA) is 0 Å². The second-order valence-electron chi connectivity index (χ2n) is 17.3. The molecule has 0 saturated carbocycles. The first-order valence-electron chi connectivity index (χ1n) is 18.3. The Morgan fingerprint density at radius 1 is 0.680 bits per heavy atom. The Balaban J connectivity index is 0.00000281. The monoisotopic (exact) mass is 780 g/mol. The van der Waals surface area contributed by atoms with Crippen molar-refractivity contribution in [3.8, 4) is 11.1 Å². The summed E-state index contributed by atoms with van der Waals surface area (Å²) in [4.78, 5) is 0. The molecule has 0 radical (unpaired) electrons. The summed E-state index contributed by atoms with van der Waals surface area (Å²) in [5.74, 6) is 0.496. The van der Waals surface area contributed by atoms with E-state index in [-0.39, 0.29) is 41.1 Å². The van der Waals surface area contributed by atoms with Gasteiger partial charge in [0.1, 0.15) is 0 Å². The molecule has 0 aromatic heterocycles. The van der Waals surface area contributed by atoms with E-state index in [2.05, 4.69) is 172 Å². The average molecular weight is 783 g/mol. The number of halogens is 2. The fourth-order valence-corrected chi connectivity index (χ4v) is 17.3. The minimum atomic E-state index is -2.97. The third-order valence-electron chi connectivity index (χ3n) is 10.5. The van der Waals surface area contributed by atoms with E-state index < -0.39 is 21.3 Å². The maximum absolute atomic E-state index is 2.97. The average Bonchev–Trinajstić information content (AvgIpc) is 3.64. The van der Waals surface area contributed by atoms with Crippen molar-refractivity contribution in [2.75, 3.05) is 0 Å². The van der Waals surface area contributed by atoms with E-state index >= 15 is 0 Å². The molecule has 0 bridgehead atoms. The summed E-state index contributed by atoms with van der Waals surface area (Å²) in [7, 11) is 0. The Labute approximate surface area is 323 Å². The SMILES string of the molecule is CCCCC1C=C(C(C)(C)C)C=[C]1[Zr+2](=[C](c1ccccc1)c1ccccc1)[c]1c(C(C)(C)C)ccc2c1Cc1cc(C(C)(C)C)ccc1-2.[Cl-].[Cl-]. The second-order valence-corrected chi connectivity index (χ2v) is 23.0. The number of fused-ring (bicyclic) bond motifs is 3. The molecule has 4 aromatic rings. The van der Waals surface area contributed by atoms with Crippen LogP contribution in [0.3, 0.4) is 0 Å². The van der Waals surface area contributed by atoms with E-state index in [1.807, 2.05) is 0 Å². The van der Waals surface area contributed by atoms with Crippen LogP contribution in [0.4, 0.5) is 0 Å². The van der Waals surface area contributed by atoms with Gasteiger partial charge in [-0.15, -0.1) is 0 Å². The molecule has 2 aliphatic rings. The summed E-state index contributed by atoms with van der Waals surface area (Å²) in [5, 5.41) is 0. The minimum absolute atomic E-state index is 0. The Kier molecular flexibility index (Phi) is 12.7. The van der Waals surface area contributed by atoms with Crippen LogP contribution in [-0.2, 0) is 38.5 Å². The zero-order valence-electron chi connectivity index (χ0n) is 32.0. The normalized spacial score (nSPS) is 15.1. The first kappa shape index (κ1) is 40.5. The quantitative estimate of drug-likeness (QED) is 0.189. The van der Waals surface area contributed by atoms with Crippen LogP contribution in [0, 0.1) is 11.3 Å². The van der Waals surface area contributed by atoms with Gasteiger partial charge >= 0.3 is 301 Å². The molecule has 0 aliphatic heterocycles. The Morgan fingerprint density at radius 2 is 1.26 bits per heavy atom. The molecule has 0 heterocycles. The van der Waals surface area contributed by atoms with Crippen LogP contribution in [0.1, 0.15) is 122 Å². The van der Waals surface area contributed by atoms with Crippen LogP contribution >= 0.6 is 0 Å². The van der Waals surface area contributed by atoms with E-state index in [1.165, 1.54) is 58.2 Å². The summed E-state index contributed by atoms with van der Waals surface area (Å²) < 4.78 is 5.12. The fourth-order valence-electron chi connectivity index (χ4n) is 7.75. The molecule has 0 spiro atoms. The number of unbranched alkanes of at least 4 members (excludes halogenated alkanes) is 1. The van der Waals surface area contributed by atoms with Gasteiger partial charge in [0.25, 0.3) is 0 Å². The summed E-state index contributed by atoms with van der Waals surface area (Å²) in [6.45, 7) is 23.9. The maximum atomic E-state index is 2.71. The van der Waals surface area contributed by atoms with E-state index in [1.54, 1.807) is 20.9 Å². The van der Waals surface area contributed by atoms with Crippen LogP contribution in [0.5, 0.6) is 0 Å². The van der Waals surface area contributed by atoms with Crippen molar-refractivity contribution < 1.29 is 46.1 Å². The smallest absolute Gasteiger partial charge is 1.00 e. The number of benzene rings is 4. The molecule has 2 aliphatic carbocycles. The summed E-state index contributed by atoms with van der Waals surface area (Å²) in [5.41, 5.74) is 13.6. The van der Waals surface area contributed by atoms with Gasteiger partial charge < -0.3 is 24.8 Å². The molecule has 0 N–H and O–H groups in total. The molecule has 6 rings (SSSR count). The van der Waals surface area contributed by atoms with Crippen molar-refractivity contribution in [1.29, 1.82) is 0 Å². The first-order chi connectivity index (χ1) is 22.7. The van der Waals surface area contributed by atoms with Gasteiger partial charge in [-0.2, -0.15) is 0 Å². The van der Waals surface area contributed by atoms with Gasteiger partial charge in [0.05, 0.1) is 0 Å². The van der Waals surface area contributed by atoms with Gasteiger partial charge in [-0.05, 0) is 0 Å². The van der Waals surface area contributed by atoms with Crippen molar-refractivity contribution in [1.82, 2.24) is 0 Å². The van der Waals surface area contributed by atoms with E-state index in [0.717, 1.165) is 6.42 Å². The summed E-state index contributed by atoms with van der Waals surface area (Å²) >= 11 is -2.97. The van der Waals surface area contributed by atoms with Gasteiger partial charge in [0, 0.05) is 0 Å². The molecule has 0 fully saturated rings. The van der Waals surface area contributed by atoms with Gasteiger partial charge in [0.15, 0.2) is 0 Å². The molecule has 50 heavy (non-hydrogen) atoms. The van der Waals surface area contributed by atoms with E-state index in [0.29, 0.717) is 5.92 Å². The van der Waals surface area contributed by atoms with Crippen LogP contribution < -0.4 is 28.1 Å². The largest absolute Gasteiger partial charge is 1.00 e.